The minimum absolute atomic E-state index is 0.0562. The third-order valence-corrected chi connectivity index (χ3v) is 9.83. The molecule has 0 aromatic heterocycles. The van der Waals surface area contributed by atoms with Crippen LogP contribution < -0.4 is 10.4 Å². The molecular formula is C23H31FO2Si. The number of hydrogen-bond acceptors (Lipinski definition) is 2. The molecule has 1 N–H and O–H groups in total. The van der Waals surface area contributed by atoms with E-state index in [0.717, 1.165) is 16.8 Å². The number of halogens is 1. The van der Waals surface area contributed by atoms with Gasteiger partial charge in [-0.3, -0.25) is 0 Å². The van der Waals surface area contributed by atoms with Crippen LogP contribution in [0.4, 0.5) is 4.39 Å². The second-order valence-electron chi connectivity index (χ2n) is 7.87. The van der Waals surface area contributed by atoms with E-state index in [1.807, 2.05) is 43.3 Å². The molecule has 2 nitrogen and oxygen atoms in total. The summed E-state index contributed by atoms with van der Waals surface area (Å²) >= 11 is 0. The van der Waals surface area contributed by atoms with E-state index in [9.17, 15) is 9.50 Å². The Hall–Kier alpha value is -1.75. The molecule has 0 saturated carbocycles. The molecule has 2 rings (SSSR count). The lowest BCUT2D eigenvalue weighted by molar-refractivity contribution is 0.111. The van der Waals surface area contributed by atoms with Crippen LogP contribution in [0, 0.1) is 0 Å². The summed E-state index contributed by atoms with van der Waals surface area (Å²) in [6.45, 7) is 8.41. The Morgan fingerprint density at radius 2 is 1.52 bits per heavy atom. The first-order valence-electron chi connectivity index (χ1n) is 9.61. The molecule has 0 amide bonds. The molecular weight excluding hydrogens is 355 g/mol. The van der Waals surface area contributed by atoms with Gasteiger partial charge in [0.15, 0.2) is 0 Å². The van der Waals surface area contributed by atoms with Crippen molar-refractivity contribution in [2.45, 2.75) is 51.7 Å². The van der Waals surface area contributed by atoms with Gasteiger partial charge in [0.1, 0.15) is 11.9 Å². The van der Waals surface area contributed by atoms with Crippen LogP contribution in [0.25, 0.3) is 0 Å². The predicted molar refractivity (Wildman–Crippen MR) is 114 cm³/mol. The van der Waals surface area contributed by atoms with Gasteiger partial charge in [-0.05, 0) is 21.8 Å². The van der Waals surface area contributed by atoms with Gasteiger partial charge in [0.25, 0.3) is 8.32 Å². The first-order chi connectivity index (χ1) is 12.8. The molecule has 0 spiro atoms. The predicted octanol–water partition coefficient (Wildman–Crippen LogP) is 4.58. The summed E-state index contributed by atoms with van der Waals surface area (Å²) in [4.78, 5) is 0. The summed E-state index contributed by atoms with van der Waals surface area (Å²) < 4.78 is 20.7. The molecule has 0 aliphatic rings. The van der Waals surface area contributed by atoms with Crippen molar-refractivity contribution in [1.82, 2.24) is 0 Å². The van der Waals surface area contributed by atoms with Crippen molar-refractivity contribution in [3.8, 4) is 0 Å². The van der Waals surface area contributed by atoms with Gasteiger partial charge in [-0.2, -0.15) is 0 Å². The van der Waals surface area contributed by atoms with Crippen LogP contribution in [-0.2, 0) is 4.43 Å². The highest BCUT2D eigenvalue weighted by Crippen LogP contribution is 2.37. The lowest BCUT2D eigenvalue weighted by Crippen LogP contribution is -2.67. The normalized spacial score (nSPS) is 14.2. The summed E-state index contributed by atoms with van der Waals surface area (Å²) in [5, 5.41) is 12.4. The molecule has 27 heavy (non-hydrogen) atoms. The van der Waals surface area contributed by atoms with Crippen molar-refractivity contribution in [2.75, 3.05) is 6.61 Å². The Bertz CT molecular complexity index is 684. The molecule has 2 aromatic rings. The SMILES string of the molecule is CCC/C=C(\F)C(O)CO[Si](c1ccccc1)(c1ccccc1)C(C)(C)C. The maximum absolute atomic E-state index is 14.2. The molecule has 2 aromatic carbocycles. The minimum atomic E-state index is -2.74. The van der Waals surface area contributed by atoms with Crippen molar-refractivity contribution >= 4 is 18.7 Å². The van der Waals surface area contributed by atoms with E-state index in [4.69, 9.17) is 4.43 Å². The monoisotopic (exact) mass is 386 g/mol. The van der Waals surface area contributed by atoms with E-state index < -0.39 is 20.2 Å². The molecule has 0 saturated heterocycles. The van der Waals surface area contributed by atoms with Crippen LogP contribution >= 0.6 is 0 Å². The zero-order chi connectivity index (χ0) is 19.9. The van der Waals surface area contributed by atoms with Gasteiger partial charge in [-0.15, -0.1) is 0 Å². The molecule has 0 aliphatic carbocycles. The Kier molecular flexibility index (Phi) is 7.54. The van der Waals surface area contributed by atoms with E-state index in [1.165, 1.54) is 6.08 Å². The average molecular weight is 387 g/mol. The lowest BCUT2D eigenvalue weighted by Gasteiger charge is -2.43. The molecule has 0 fully saturated rings. The summed E-state index contributed by atoms with van der Waals surface area (Å²) in [6, 6.07) is 20.3. The minimum Gasteiger partial charge on any atom is -0.404 e. The first kappa shape index (κ1) is 21.5. The molecule has 0 bridgehead atoms. The van der Waals surface area contributed by atoms with Gasteiger partial charge >= 0.3 is 0 Å². The van der Waals surface area contributed by atoms with Crippen LogP contribution in [0.15, 0.2) is 72.6 Å². The number of aliphatic hydroxyl groups excluding tert-OH is 1. The maximum atomic E-state index is 14.2. The van der Waals surface area contributed by atoms with Crippen molar-refractivity contribution in [3.05, 3.63) is 72.6 Å². The molecule has 1 unspecified atom stereocenters. The van der Waals surface area contributed by atoms with Crippen LogP contribution in [0.5, 0.6) is 0 Å². The average Bonchev–Trinajstić information content (AvgIpc) is 2.67. The van der Waals surface area contributed by atoms with E-state index in [1.54, 1.807) is 0 Å². The van der Waals surface area contributed by atoms with Gasteiger partial charge in [0.05, 0.1) is 6.61 Å². The fraction of sp³-hybridized carbons (Fsp3) is 0.391. The molecule has 4 heteroatoms. The summed E-state index contributed by atoms with van der Waals surface area (Å²) in [5.74, 6) is -0.505. The van der Waals surface area contributed by atoms with Gasteiger partial charge in [-0.1, -0.05) is 101 Å². The quantitative estimate of drug-likeness (QED) is 0.673. The van der Waals surface area contributed by atoms with Crippen molar-refractivity contribution in [2.24, 2.45) is 0 Å². The number of allylic oxidation sites excluding steroid dienone is 1. The van der Waals surface area contributed by atoms with E-state index in [-0.39, 0.29) is 11.6 Å². The first-order valence-corrected chi connectivity index (χ1v) is 11.5. The third kappa shape index (κ3) is 4.95. The van der Waals surface area contributed by atoms with Gasteiger partial charge in [0.2, 0.25) is 0 Å². The number of rotatable bonds is 8. The van der Waals surface area contributed by atoms with Gasteiger partial charge in [-0.25, -0.2) is 4.39 Å². The summed E-state index contributed by atoms with van der Waals surface area (Å²) in [6.07, 6.45) is 1.68. The molecule has 146 valence electrons. The largest absolute Gasteiger partial charge is 0.404 e. The zero-order valence-electron chi connectivity index (χ0n) is 16.8. The van der Waals surface area contributed by atoms with E-state index >= 15 is 0 Å². The van der Waals surface area contributed by atoms with Crippen molar-refractivity contribution in [3.63, 3.8) is 0 Å². The Labute approximate surface area is 163 Å². The number of aliphatic hydroxyl groups is 1. The summed E-state index contributed by atoms with van der Waals surface area (Å²) in [7, 11) is -2.74. The van der Waals surface area contributed by atoms with Crippen molar-refractivity contribution < 1.29 is 13.9 Å². The highest BCUT2D eigenvalue weighted by atomic mass is 28.4. The van der Waals surface area contributed by atoms with Crippen LogP contribution in [-0.4, -0.2) is 26.1 Å². The Morgan fingerprint density at radius 1 is 1.04 bits per heavy atom. The van der Waals surface area contributed by atoms with Crippen molar-refractivity contribution in [1.29, 1.82) is 0 Å². The number of hydrogen-bond donors (Lipinski definition) is 1. The Morgan fingerprint density at radius 3 is 1.93 bits per heavy atom. The molecule has 1 atom stereocenters. The van der Waals surface area contributed by atoms with Gasteiger partial charge < -0.3 is 9.53 Å². The highest BCUT2D eigenvalue weighted by molar-refractivity contribution is 6.99. The number of unbranched alkanes of at least 4 members (excludes halogenated alkanes) is 1. The van der Waals surface area contributed by atoms with Crippen LogP contribution in [0.1, 0.15) is 40.5 Å². The van der Waals surface area contributed by atoms with Crippen LogP contribution in [0.2, 0.25) is 5.04 Å². The standard InChI is InChI=1S/C23H31FO2Si/c1-5-6-17-21(24)22(25)18-26-27(23(2,3)4,19-13-9-7-10-14-19)20-15-11-8-12-16-20/h7-17,22,25H,5-6,18H2,1-4H3/b21-17-. The fourth-order valence-electron chi connectivity index (χ4n) is 3.46. The zero-order valence-corrected chi connectivity index (χ0v) is 17.8. The Balaban J connectivity index is 2.47. The van der Waals surface area contributed by atoms with E-state index in [2.05, 4.69) is 45.0 Å². The van der Waals surface area contributed by atoms with Gasteiger partial charge in [0, 0.05) is 0 Å². The van der Waals surface area contributed by atoms with E-state index in [0.29, 0.717) is 6.42 Å². The van der Waals surface area contributed by atoms with Crippen LogP contribution in [0.3, 0.4) is 0 Å². The molecule has 0 aliphatic heterocycles. The molecule has 0 heterocycles. The number of benzene rings is 2. The smallest absolute Gasteiger partial charge is 0.261 e. The maximum Gasteiger partial charge on any atom is 0.261 e. The fourth-order valence-corrected chi connectivity index (χ4v) is 8.03. The topological polar surface area (TPSA) is 29.5 Å². The molecule has 0 radical (unpaired) electrons. The highest BCUT2D eigenvalue weighted by Gasteiger charge is 2.50. The lowest BCUT2D eigenvalue weighted by atomic mass is 10.2. The second-order valence-corrected chi connectivity index (χ2v) is 12.2. The second kappa shape index (κ2) is 9.45. The summed E-state index contributed by atoms with van der Waals surface area (Å²) in [5.41, 5.74) is 0. The third-order valence-electron chi connectivity index (χ3n) is 4.82.